The molecule has 5 nitrogen and oxygen atoms in total. The van der Waals surface area contributed by atoms with E-state index in [9.17, 15) is 9.59 Å². The monoisotopic (exact) mass is 574 g/mol. The Morgan fingerprint density at radius 3 is 1.68 bits per heavy atom. The summed E-state index contributed by atoms with van der Waals surface area (Å²) in [4.78, 5) is 27.9. The number of fused-ring (bicyclic) bond motifs is 1. The zero-order valence-corrected chi connectivity index (χ0v) is 26.8. The Labute approximate surface area is 247 Å². The Kier molecular flexibility index (Phi) is 8.75. The predicted molar refractivity (Wildman–Crippen MR) is 166 cm³/mol. The van der Waals surface area contributed by atoms with E-state index in [-0.39, 0.29) is 18.3 Å². The number of rotatable bonds is 10. The highest BCUT2D eigenvalue weighted by Gasteiger charge is 2.73. The Bertz CT molecular complexity index is 1240. The molecule has 2 aliphatic rings. The lowest BCUT2D eigenvalue weighted by Gasteiger charge is -2.45. The molecule has 2 aromatic carbocycles. The zero-order valence-electron chi connectivity index (χ0n) is 25.8. The van der Waals surface area contributed by atoms with Gasteiger partial charge in [0, 0.05) is 23.2 Å². The zero-order chi connectivity index (χ0) is 30.2. The number of benzene rings is 2. The Morgan fingerprint density at radius 1 is 0.805 bits per heavy atom. The molecule has 0 amide bonds. The first-order valence-electron chi connectivity index (χ1n) is 14.8. The molecule has 220 valence electrons. The molecular formula is C35H46O5Si. The first-order chi connectivity index (χ1) is 19.5. The normalized spacial score (nSPS) is 25.1. The van der Waals surface area contributed by atoms with E-state index < -0.39 is 37.0 Å². The van der Waals surface area contributed by atoms with Gasteiger partial charge in [-0.05, 0) is 40.2 Å². The Morgan fingerprint density at radius 2 is 1.27 bits per heavy atom. The van der Waals surface area contributed by atoms with E-state index in [4.69, 9.17) is 13.9 Å². The smallest absolute Gasteiger partial charge is 0.323 e. The van der Waals surface area contributed by atoms with Gasteiger partial charge in [-0.3, -0.25) is 9.59 Å². The largest absolute Gasteiger partial charge is 0.546 e. The molecule has 0 saturated heterocycles. The van der Waals surface area contributed by atoms with E-state index in [0.717, 1.165) is 16.9 Å². The molecule has 41 heavy (non-hydrogen) atoms. The third kappa shape index (κ3) is 4.59. The predicted octanol–water partition coefficient (Wildman–Crippen LogP) is 8.17. The van der Waals surface area contributed by atoms with E-state index in [1.807, 2.05) is 54.6 Å². The number of hydrogen-bond acceptors (Lipinski definition) is 5. The molecule has 0 aliphatic heterocycles. The lowest BCUT2D eigenvalue weighted by atomic mass is 9.68. The number of methoxy groups -OCH3 is 2. The summed E-state index contributed by atoms with van der Waals surface area (Å²) < 4.78 is 18.4. The first-order valence-corrected chi connectivity index (χ1v) is 16.9. The summed E-state index contributed by atoms with van der Waals surface area (Å²) in [5, 5.41) is 0. The van der Waals surface area contributed by atoms with Crippen molar-refractivity contribution in [3.05, 3.63) is 96.3 Å². The van der Waals surface area contributed by atoms with Crippen molar-refractivity contribution in [1.29, 1.82) is 0 Å². The minimum absolute atomic E-state index is 0.151. The van der Waals surface area contributed by atoms with Gasteiger partial charge in [0.05, 0.1) is 20.0 Å². The van der Waals surface area contributed by atoms with Crippen LogP contribution in [0.15, 0.2) is 85.2 Å². The van der Waals surface area contributed by atoms with Crippen molar-refractivity contribution >= 4 is 20.3 Å². The van der Waals surface area contributed by atoms with Crippen LogP contribution in [0.1, 0.15) is 70.9 Å². The molecule has 0 aromatic heterocycles. The van der Waals surface area contributed by atoms with Crippen molar-refractivity contribution in [3.8, 4) is 0 Å². The standard InChI is InChI=1S/C35H46O5Si/c1-10-34-22-35(32(36)38-8,33(37)39-9)30(27-19-15-12-16-20-27)31(34)29(21-28(34)26-17-13-11-14-18-26)40-41(23(2)3,24(4)5)25(6)7/h10-21,23-25,28,30-31H,1,22H2,2-9H3/t28-,30-,31-,34-/m1/s1. The lowest BCUT2D eigenvalue weighted by Crippen LogP contribution is -2.49. The fraction of sp³-hybridized carbons (Fsp3) is 0.486. The number of ether oxygens (including phenoxy) is 2. The van der Waals surface area contributed by atoms with Crippen molar-refractivity contribution < 1.29 is 23.5 Å². The van der Waals surface area contributed by atoms with E-state index in [0.29, 0.717) is 16.6 Å². The average molecular weight is 575 g/mol. The molecule has 2 aromatic rings. The number of esters is 2. The van der Waals surface area contributed by atoms with Crippen molar-refractivity contribution in [3.63, 3.8) is 0 Å². The van der Waals surface area contributed by atoms with E-state index in [1.165, 1.54) is 14.2 Å². The third-order valence-corrected chi connectivity index (χ3v) is 16.0. The fourth-order valence-corrected chi connectivity index (χ4v) is 13.8. The average Bonchev–Trinajstić information content (AvgIpc) is 3.45. The number of carbonyl (C=O) groups excluding carboxylic acids is 2. The SMILES string of the molecule is C=C[C@]12CC(C(=O)OC)(C(=O)OC)[C@H](c3ccccc3)[C@H]1C(O[Si](C(C)C)(C(C)C)C(C)C)=C[C@@H]2c1ccccc1. The van der Waals surface area contributed by atoms with Crippen LogP contribution in [0.3, 0.4) is 0 Å². The fourth-order valence-electron chi connectivity index (χ4n) is 8.48. The molecular weight excluding hydrogens is 528 g/mol. The molecule has 0 radical (unpaired) electrons. The van der Waals surface area contributed by atoms with Gasteiger partial charge in [0.2, 0.25) is 0 Å². The lowest BCUT2D eigenvalue weighted by molar-refractivity contribution is -0.170. The molecule has 1 saturated carbocycles. The summed E-state index contributed by atoms with van der Waals surface area (Å²) in [6.07, 6.45) is 4.44. The van der Waals surface area contributed by atoms with Gasteiger partial charge in [0.25, 0.3) is 8.32 Å². The molecule has 0 heterocycles. The van der Waals surface area contributed by atoms with Gasteiger partial charge in [-0.15, -0.1) is 6.58 Å². The quantitative estimate of drug-likeness (QED) is 0.124. The molecule has 0 bridgehead atoms. The summed E-state index contributed by atoms with van der Waals surface area (Å²) >= 11 is 0. The van der Waals surface area contributed by atoms with Gasteiger partial charge in [0.1, 0.15) is 0 Å². The van der Waals surface area contributed by atoms with Crippen LogP contribution in [-0.4, -0.2) is 34.5 Å². The maximum atomic E-state index is 14.0. The Balaban J connectivity index is 2.08. The van der Waals surface area contributed by atoms with Crippen molar-refractivity contribution in [2.24, 2.45) is 16.7 Å². The Hall–Kier alpha value is -3.12. The summed E-state index contributed by atoms with van der Waals surface area (Å²) in [5.41, 5.74) is 0.757. The van der Waals surface area contributed by atoms with Crippen LogP contribution >= 0.6 is 0 Å². The molecule has 4 rings (SSSR count). The van der Waals surface area contributed by atoms with Crippen LogP contribution < -0.4 is 0 Å². The highest BCUT2D eigenvalue weighted by molar-refractivity contribution is 6.77. The maximum Gasteiger partial charge on any atom is 0.323 e. The minimum atomic E-state index is -2.41. The highest BCUT2D eigenvalue weighted by atomic mass is 28.4. The van der Waals surface area contributed by atoms with Gasteiger partial charge in [-0.25, -0.2) is 0 Å². The molecule has 1 fully saturated rings. The van der Waals surface area contributed by atoms with Crippen LogP contribution in [0.4, 0.5) is 0 Å². The second-order valence-corrected chi connectivity index (χ2v) is 18.1. The molecule has 0 spiro atoms. The van der Waals surface area contributed by atoms with Crippen LogP contribution in [0, 0.1) is 16.7 Å². The van der Waals surface area contributed by atoms with Gasteiger partial charge >= 0.3 is 11.9 Å². The summed E-state index contributed by atoms with van der Waals surface area (Å²) in [7, 11) is 0.283. The van der Waals surface area contributed by atoms with E-state index in [1.54, 1.807) is 0 Å². The molecule has 0 N–H and O–H groups in total. The molecule has 0 unspecified atom stereocenters. The number of carbonyl (C=O) groups is 2. The van der Waals surface area contributed by atoms with E-state index in [2.05, 4.69) is 66.3 Å². The second-order valence-electron chi connectivity index (χ2n) is 12.7. The highest BCUT2D eigenvalue weighted by Crippen LogP contribution is 2.72. The van der Waals surface area contributed by atoms with Crippen LogP contribution in [0.2, 0.25) is 16.6 Å². The number of hydrogen-bond donors (Lipinski definition) is 0. The van der Waals surface area contributed by atoms with Gasteiger partial charge in [-0.2, -0.15) is 0 Å². The van der Waals surface area contributed by atoms with E-state index >= 15 is 0 Å². The topological polar surface area (TPSA) is 61.8 Å². The molecule has 6 heteroatoms. The summed E-state index contributed by atoms with van der Waals surface area (Å²) in [6.45, 7) is 18.0. The maximum absolute atomic E-state index is 14.0. The minimum Gasteiger partial charge on any atom is -0.546 e. The number of allylic oxidation sites excluding steroid dienone is 3. The van der Waals surface area contributed by atoms with Crippen molar-refractivity contribution in [2.75, 3.05) is 14.2 Å². The van der Waals surface area contributed by atoms with Crippen molar-refractivity contribution in [2.45, 2.75) is 76.4 Å². The molecule has 4 atom stereocenters. The second kappa shape index (κ2) is 11.6. The summed E-state index contributed by atoms with van der Waals surface area (Å²) in [5.74, 6) is -1.35. The van der Waals surface area contributed by atoms with Crippen molar-refractivity contribution in [1.82, 2.24) is 0 Å². The molecule has 2 aliphatic carbocycles. The van der Waals surface area contributed by atoms with Crippen LogP contribution in [-0.2, 0) is 23.5 Å². The van der Waals surface area contributed by atoms with Gasteiger partial charge in [-0.1, -0.05) is 108 Å². The third-order valence-electron chi connectivity index (χ3n) is 10.0. The van der Waals surface area contributed by atoms with Crippen LogP contribution in [0.5, 0.6) is 0 Å². The van der Waals surface area contributed by atoms with Gasteiger partial charge in [0.15, 0.2) is 5.41 Å². The van der Waals surface area contributed by atoms with Crippen LogP contribution in [0.25, 0.3) is 0 Å². The summed E-state index contributed by atoms with van der Waals surface area (Å²) in [6, 6.07) is 20.1. The van der Waals surface area contributed by atoms with Gasteiger partial charge < -0.3 is 13.9 Å². The first kappa shape index (κ1) is 30.8.